The van der Waals surface area contributed by atoms with Crippen molar-refractivity contribution >= 4 is 17.3 Å². The summed E-state index contributed by atoms with van der Waals surface area (Å²) in [5.41, 5.74) is 6.97. The van der Waals surface area contributed by atoms with E-state index in [1.54, 1.807) is 18.2 Å². The highest BCUT2D eigenvalue weighted by molar-refractivity contribution is 6.30. The van der Waals surface area contributed by atoms with Gasteiger partial charge in [0, 0.05) is 23.3 Å². The second-order valence-electron chi connectivity index (χ2n) is 3.40. The van der Waals surface area contributed by atoms with Gasteiger partial charge in [0.15, 0.2) is 0 Å². The molecule has 7 heteroatoms. The van der Waals surface area contributed by atoms with E-state index in [1.165, 1.54) is 6.07 Å². The predicted octanol–water partition coefficient (Wildman–Crippen LogP) is 2.10. The second kappa shape index (κ2) is 4.52. The quantitative estimate of drug-likeness (QED) is 0.645. The third kappa shape index (κ3) is 2.27. The van der Waals surface area contributed by atoms with Gasteiger partial charge in [0.25, 0.3) is 5.69 Å². The van der Waals surface area contributed by atoms with Gasteiger partial charge in [-0.05, 0) is 18.2 Å². The molecule has 0 unspecified atom stereocenters. The largest absolute Gasteiger partial charge is 0.325 e. The van der Waals surface area contributed by atoms with Crippen molar-refractivity contribution in [2.45, 2.75) is 6.54 Å². The van der Waals surface area contributed by atoms with Gasteiger partial charge in [-0.25, -0.2) is 0 Å². The van der Waals surface area contributed by atoms with Gasteiger partial charge in [0.05, 0.1) is 16.2 Å². The van der Waals surface area contributed by atoms with Crippen LogP contribution in [0.5, 0.6) is 0 Å². The van der Waals surface area contributed by atoms with E-state index < -0.39 is 4.92 Å². The van der Waals surface area contributed by atoms with E-state index in [2.05, 4.69) is 10.2 Å². The van der Waals surface area contributed by atoms with Crippen LogP contribution in [0, 0.1) is 10.1 Å². The third-order valence-electron chi connectivity index (χ3n) is 2.28. The monoisotopic (exact) mass is 252 g/mol. The van der Waals surface area contributed by atoms with Crippen LogP contribution in [0.1, 0.15) is 5.69 Å². The van der Waals surface area contributed by atoms with Crippen LogP contribution in [0.15, 0.2) is 24.3 Å². The Hall–Kier alpha value is -1.92. The number of H-pyrrole nitrogens is 1. The van der Waals surface area contributed by atoms with Crippen molar-refractivity contribution in [2.75, 3.05) is 0 Å². The molecule has 2 aromatic rings. The molecule has 0 saturated carbocycles. The molecule has 0 aliphatic heterocycles. The Labute approximate surface area is 102 Å². The fraction of sp³-hybridized carbons (Fsp3) is 0.100. The summed E-state index contributed by atoms with van der Waals surface area (Å²) in [6.45, 7) is 0.300. The summed E-state index contributed by atoms with van der Waals surface area (Å²) >= 11 is 5.73. The van der Waals surface area contributed by atoms with Crippen molar-refractivity contribution in [1.29, 1.82) is 0 Å². The molecule has 3 N–H and O–H groups in total. The molecule has 0 spiro atoms. The van der Waals surface area contributed by atoms with Crippen LogP contribution in [0.3, 0.4) is 0 Å². The second-order valence-corrected chi connectivity index (χ2v) is 3.84. The molecular weight excluding hydrogens is 244 g/mol. The summed E-state index contributed by atoms with van der Waals surface area (Å²) in [5.74, 6) is 0. The molecule has 2 rings (SSSR count). The van der Waals surface area contributed by atoms with E-state index in [1.807, 2.05) is 0 Å². The van der Waals surface area contributed by atoms with Crippen LogP contribution in [0.25, 0.3) is 11.3 Å². The van der Waals surface area contributed by atoms with Gasteiger partial charge in [-0.15, -0.1) is 0 Å². The molecule has 0 aliphatic rings. The van der Waals surface area contributed by atoms with Gasteiger partial charge in [-0.3, -0.25) is 15.2 Å². The summed E-state index contributed by atoms with van der Waals surface area (Å²) in [7, 11) is 0. The molecule has 0 fully saturated rings. The Morgan fingerprint density at radius 2 is 2.24 bits per heavy atom. The maximum absolute atomic E-state index is 10.9. The summed E-state index contributed by atoms with van der Waals surface area (Å²) in [5, 5.41) is 17.9. The normalized spacial score (nSPS) is 10.5. The van der Waals surface area contributed by atoms with E-state index in [9.17, 15) is 10.1 Å². The Bertz CT molecular complexity index is 567. The van der Waals surface area contributed by atoms with Crippen molar-refractivity contribution < 1.29 is 4.92 Å². The van der Waals surface area contributed by atoms with Gasteiger partial charge in [-0.1, -0.05) is 11.6 Å². The highest BCUT2D eigenvalue weighted by Crippen LogP contribution is 2.31. The number of benzene rings is 1. The van der Waals surface area contributed by atoms with E-state index in [0.29, 0.717) is 28.5 Å². The average molecular weight is 253 g/mol. The number of aromatic nitrogens is 2. The Morgan fingerprint density at radius 3 is 2.82 bits per heavy atom. The van der Waals surface area contributed by atoms with Gasteiger partial charge in [0.2, 0.25) is 0 Å². The molecule has 0 saturated heterocycles. The minimum atomic E-state index is -0.488. The zero-order valence-electron chi connectivity index (χ0n) is 8.68. The van der Waals surface area contributed by atoms with E-state index in [-0.39, 0.29) is 5.69 Å². The summed E-state index contributed by atoms with van der Waals surface area (Å²) in [4.78, 5) is 10.4. The smallest absolute Gasteiger partial charge is 0.280 e. The fourth-order valence-electron chi connectivity index (χ4n) is 1.48. The molecule has 0 amide bonds. The Morgan fingerprint density at radius 1 is 1.47 bits per heavy atom. The maximum Gasteiger partial charge on any atom is 0.280 e. The number of nitro groups is 1. The number of nitrogens with two attached hydrogens (primary N) is 1. The molecular formula is C10H9ClN4O2. The first-order valence-electron chi connectivity index (χ1n) is 4.80. The van der Waals surface area contributed by atoms with Crippen LogP contribution >= 0.6 is 11.6 Å². The van der Waals surface area contributed by atoms with Crippen molar-refractivity contribution in [1.82, 2.24) is 10.2 Å². The highest BCUT2D eigenvalue weighted by Gasteiger charge is 2.17. The van der Waals surface area contributed by atoms with Crippen molar-refractivity contribution in [2.24, 2.45) is 5.73 Å². The van der Waals surface area contributed by atoms with Crippen LogP contribution < -0.4 is 5.73 Å². The number of aromatic amines is 1. The first kappa shape index (κ1) is 11.6. The molecule has 0 radical (unpaired) electrons. The number of nitrogens with one attached hydrogen (secondary N) is 1. The molecule has 88 valence electrons. The molecule has 1 aromatic carbocycles. The zero-order chi connectivity index (χ0) is 12.4. The van der Waals surface area contributed by atoms with E-state index in [0.717, 1.165) is 0 Å². The van der Waals surface area contributed by atoms with Crippen molar-refractivity contribution in [3.63, 3.8) is 0 Å². The molecule has 1 heterocycles. The molecule has 0 aliphatic carbocycles. The standard InChI is InChI=1S/C10H9ClN4O2/c11-6-1-2-8(10(3-6)15(16)17)9-4-7(5-12)13-14-9/h1-4H,5,12H2,(H,13,14). The van der Waals surface area contributed by atoms with Crippen LogP contribution in [0.4, 0.5) is 5.69 Å². The summed E-state index contributed by atoms with van der Waals surface area (Å²) in [6.07, 6.45) is 0. The molecule has 1 aromatic heterocycles. The summed E-state index contributed by atoms with van der Waals surface area (Å²) < 4.78 is 0. The van der Waals surface area contributed by atoms with Crippen LogP contribution in [-0.4, -0.2) is 15.1 Å². The summed E-state index contributed by atoms with van der Waals surface area (Å²) in [6, 6.07) is 6.13. The lowest BCUT2D eigenvalue weighted by Crippen LogP contribution is -1.95. The fourth-order valence-corrected chi connectivity index (χ4v) is 1.64. The van der Waals surface area contributed by atoms with Gasteiger partial charge >= 0.3 is 0 Å². The molecule has 0 bridgehead atoms. The Balaban J connectivity index is 2.54. The molecule has 17 heavy (non-hydrogen) atoms. The number of rotatable bonds is 3. The molecule has 0 atom stereocenters. The average Bonchev–Trinajstić information content (AvgIpc) is 2.77. The SMILES string of the molecule is NCc1cc(-c2ccc(Cl)cc2[N+](=O)[O-])n[nH]1. The zero-order valence-corrected chi connectivity index (χ0v) is 9.44. The number of halogens is 1. The van der Waals surface area contributed by atoms with Gasteiger partial charge in [-0.2, -0.15) is 5.10 Å². The minimum Gasteiger partial charge on any atom is -0.325 e. The maximum atomic E-state index is 10.9. The third-order valence-corrected chi connectivity index (χ3v) is 2.52. The topological polar surface area (TPSA) is 97.8 Å². The van der Waals surface area contributed by atoms with Crippen LogP contribution in [0.2, 0.25) is 5.02 Å². The number of hydrogen-bond donors (Lipinski definition) is 2. The van der Waals surface area contributed by atoms with E-state index in [4.69, 9.17) is 17.3 Å². The number of nitrogens with zero attached hydrogens (tertiary/aromatic N) is 2. The van der Waals surface area contributed by atoms with Gasteiger partial charge in [0.1, 0.15) is 0 Å². The van der Waals surface area contributed by atoms with Crippen molar-refractivity contribution in [3.8, 4) is 11.3 Å². The lowest BCUT2D eigenvalue weighted by molar-refractivity contribution is -0.384. The van der Waals surface area contributed by atoms with Crippen LogP contribution in [-0.2, 0) is 6.54 Å². The molecule has 6 nitrogen and oxygen atoms in total. The first-order valence-corrected chi connectivity index (χ1v) is 5.18. The number of nitro benzene ring substituents is 1. The van der Waals surface area contributed by atoms with Gasteiger partial charge < -0.3 is 5.73 Å². The van der Waals surface area contributed by atoms with Crippen molar-refractivity contribution in [3.05, 3.63) is 45.1 Å². The lowest BCUT2D eigenvalue weighted by atomic mass is 10.1. The van der Waals surface area contributed by atoms with E-state index >= 15 is 0 Å². The lowest BCUT2D eigenvalue weighted by Gasteiger charge is -1.99. The Kier molecular flexibility index (Phi) is 3.08. The number of hydrogen-bond acceptors (Lipinski definition) is 4. The predicted molar refractivity (Wildman–Crippen MR) is 63.6 cm³/mol. The minimum absolute atomic E-state index is 0.0763. The first-order chi connectivity index (χ1) is 8.11. The highest BCUT2D eigenvalue weighted by atomic mass is 35.5.